The zero-order chi connectivity index (χ0) is 23.0. The van der Waals surface area contributed by atoms with Crippen LogP contribution in [0.4, 0.5) is 0 Å². The first-order valence-corrected chi connectivity index (χ1v) is 12.4. The van der Waals surface area contributed by atoms with E-state index in [-0.39, 0.29) is 4.90 Å². The van der Waals surface area contributed by atoms with E-state index in [0.717, 1.165) is 21.2 Å². The Balaban J connectivity index is 1.99. The third-order valence-corrected chi connectivity index (χ3v) is 7.34. The van der Waals surface area contributed by atoms with Crippen molar-refractivity contribution in [3.8, 4) is 5.75 Å². The summed E-state index contributed by atoms with van der Waals surface area (Å²) in [5.74, 6) is 0.251. The Morgan fingerprint density at radius 2 is 1.71 bits per heavy atom. The molecule has 0 spiro atoms. The van der Waals surface area contributed by atoms with Crippen LogP contribution in [0.1, 0.15) is 31.4 Å². The Morgan fingerprint density at radius 1 is 1.10 bits per heavy atom. The van der Waals surface area contributed by atoms with Crippen LogP contribution < -0.4 is 4.74 Å². The van der Waals surface area contributed by atoms with E-state index in [9.17, 15) is 13.2 Å². The Hall–Kier alpha value is -1.91. The second-order valence-corrected chi connectivity index (χ2v) is 10.2. The molecule has 0 aliphatic heterocycles. The van der Waals surface area contributed by atoms with Crippen LogP contribution in [-0.4, -0.2) is 38.4 Å². The Morgan fingerprint density at radius 3 is 2.26 bits per heavy atom. The fraction of sp³-hybridized carbons (Fsp3) is 0.348. The first-order valence-electron chi connectivity index (χ1n) is 9.88. The molecule has 168 valence electrons. The molecule has 0 fully saturated rings. The lowest BCUT2D eigenvalue weighted by Crippen LogP contribution is -2.42. The number of nitrogens with zero attached hydrogens (tertiary/aromatic N) is 1. The quantitative estimate of drug-likeness (QED) is 0.237. The second-order valence-electron chi connectivity index (χ2n) is 7.25. The van der Waals surface area contributed by atoms with Crippen LogP contribution in [0.2, 0.25) is 0 Å². The van der Waals surface area contributed by atoms with Crippen LogP contribution in [0.5, 0.6) is 5.75 Å². The number of carbonyl (C=O) groups is 1. The summed E-state index contributed by atoms with van der Waals surface area (Å²) in [5.41, 5.74) is 1.97. The predicted octanol–water partition coefficient (Wildman–Crippen LogP) is 4.86. The molecule has 0 aliphatic rings. The number of aryl methyl sites for hydroxylation is 1. The van der Waals surface area contributed by atoms with E-state index in [1.807, 2.05) is 53.8 Å². The van der Waals surface area contributed by atoms with E-state index in [1.54, 1.807) is 39.2 Å². The molecule has 2 rings (SSSR count). The minimum atomic E-state index is -3.94. The number of hydrogen-bond donors (Lipinski definition) is 0. The van der Waals surface area contributed by atoms with Crippen molar-refractivity contribution in [3.05, 3.63) is 69.3 Å². The average Bonchev–Trinajstić information content (AvgIpc) is 2.73. The third kappa shape index (κ3) is 7.05. The molecule has 0 heterocycles. The highest BCUT2D eigenvalue weighted by Gasteiger charge is 2.32. The summed E-state index contributed by atoms with van der Waals surface area (Å²) in [4.78, 5) is 13.0. The smallest absolute Gasteiger partial charge is 0.273 e. The molecule has 0 aliphatic carbocycles. The van der Waals surface area contributed by atoms with Crippen molar-refractivity contribution < 1.29 is 22.7 Å². The van der Waals surface area contributed by atoms with Crippen LogP contribution in [0, 0.1) is 6.92 Å². The molecule has 31 heavy (non-hydrogen) atoms. The fourth-order valence-corrected chi connectivity index (χ4v) is 5.13. The van der Waals surface area contributed by atoms with E-state index in [2.05, 4.69) is 0 Å². The molecular formula is C23H28INO5S. The first-order chi connectivity index (χ1) is 14.7. The summed E-state index contributed by atoms with van der Waals surface area (Å²) in [6, 6.07) is 13.6. The highest BCUT2D eigenvalue weighted by atomic mass is 127. The maximum Gasteiger partial charge on any atom is 0.273 e. The van der Waals surface area contributed by atoms with Gasteiger partial charge >= 0.3 is 0 Å². The Labute approximate surface area is 198 Å². The van der Waals surface area contributed by atoms with Crippen LogP contribution in [0.15, 0.2) is 63.1 Å². The number of benzene rings is 2. The van der Waals surface area contributed by atoms with Crippen LogP contribution in [-0.2, 0) is 26.2 Å². The van der Waals surface area contributed by atoms with Crippen molar-refractivity contribution in [1.82, 2.24) is 4.31 Å². The van der Waals surface area contributed by atoms with Crippen molar-refractivity contribution in [1.29, 1.82) is 0 Å². The van der Waals surface area contributed by atoms with E-state index in [0.29, 0.717) is 23.2 Å². The van der Waals surface area contributed by atoms with Crippen molar-refractivity contribution in [3.63, 3.8) is 0 Å². The maximum atomic E-state index is 13.1. The van der Waals surface area contributed by atoms with Crippen LogP contribution in [0.25, 0.3) is 0 Å². The molecule has 0 atom stereocenters. The van der Waals surface area contributed by atoms with Gasteiger partial charge in [0.2, 0.25) is 0 Å². The van der Waals surface area contributed by atoms with E-state index < -0.39 is 22.0 Å². The number of amides is 1. The van der Waals surface area contributed by atoms with Gasteiger partial charge in [-0.2, -0.15) is 0 Å². The van der Waals surface area contributed by atoms with Gasteiger partial charge in [0, 0.05) is 6.04 Å². The SMILES string of the molecule is COc1ccc(COCC/C=C(\I)C(=O)N(C(C)C)S(=O)(=O)c2ccc(C)cc2)cc1. The molecule has 2 aromatic carbocycles. The number of methoxy groups -OCH3 is 1. The molecule has 0 saturated carbocycles. The lowest BCUT2D eigenvalue weighted by Gasteiger charge is -2.26. The molecule has 8 heteroatoms. The molecule has 0 aromatic heterocycles. The van der Waals surface area contributed by atoms with Gasteiger partial charge in [0.1, 0.15) is 5.75 Å². The number of sulfonamides is 1. The van der Waals surface area contributed by atoms with E-state index >= 15 is 0 Å². The molecule has 0 N–H and O–H groups in total. The van der Waals surface area contributed by atoms with E-state index in [4.69, 9.17) is 9.47 Å². The maximum absolute atomic E-state index is 13.1. The number of hydrogen-bond acceptors (Lipinski definition) is 5. The number of carbonyl (C=O) groups excluding carboxylic acids is 1. The average molecular weight is 557 g/mol. The topological polar surface area (TPSA) is 72.9 Å². The normalized spacial score (nSPS) is 12.1. The van der Waals surface area contributed by atoms with Gasteiger partial charge in [-0.15, -0.1) is 0 Å². The second kappa shape index (κ2) is 11.6. The number of halogens is 1. The van der Waals surface area contributed by atoms with Crippen LogP contribution >= 0.6 is 22.6 Å². The van der Waals surface area contributed by atoms with Crippen molar-refractivity contribution in [2.24, 2.45) is 0 Å². The summed E-state index contributed by atoms with van der Waals surface area (Å²) >= 11 is 1.89. The van der Waals surface area contributed by atoms with Crippen molar-refractivity contribution in [2.75, 3.05) is 13.7 Å². The largest absolute Gasteiger partial charge is 0.497 e. The molecular weight excluding hydrogens is 529 g/mol. The fourth-order valence-electron chi connectivity index (χ4n) is 2.82. The molecule has 0 radical (unpaired) electrons. The molecule has 0 bridgehead atoms. The lowest BCUT2D eigenvalue weighted by atomic mass is 10.2. The predicted molar refractivity (Wildman–Crippen MR) is 130 cm³/mol. The van der Waals surface area contributed by atoms with Gasteiger partial charge in [-0.05, 0) is 79.6 Å². The number of ether oxygens (including phenoxy) is 2. The molecule has 1 amide bonds. The summed E-state index contributed by atoms with van der Waals surface area (Å²) in [7, 11) is -2.32. The zero-order valence-electron chi connectivity index (χ0n) is 18.2. The summed E-state index contributed by atoms with van der Waals surface area (Å²) in [5, 5.41) is 0. The standard InChI is InChI=1S/C23H28INO5S/c1-17(2)25(31(27,28)21-13-7-18(3)8-14-21)23(26)22(24)6-5-15-30-16-19-9-11-20(29-4)12-10-19/h6-14,17H,5,15-16H2,1-4H3/b22-6-. The van der Waals surface area contributed by atoms with Crippen LogP contribution in [0.3, 0.4) is 0 Å². The van der Waals surface area contributed by atoms with Crippen molar-refractivity contribution >= 4 is 38.5 Å². The van der Waals surface area contributed by atoms with Gasteiger partial charge in [-0.25, -0.2) is 12.7 Å². The third-order valence-electron chi connectivity index (χ3n) is 4.46. The summed E-state index contributed by atoms with van der Waals surface area (Å²) in [6.07, 6.45) is 2.20. The van der Waals surface area contributed by atoms with Gasteiger partial charge in [-0.3, -0.25) is 4.79 Å². The minimum Gasteiger partial charge on any atom is -0.497 e. The van der Waals surface area contributed by atoms with Gasteiger partial charge in [-0.1, -0.05) is 35.9 Å². The lowest BCUT2D eigenvalue weighted by molar-refractivity contribution is -0.122. The monoisotopic (exact) mass is 557 g/mol. The van der Waals surface area contributed by atoms with Gasteiger partial charge in [0.25, 0.3) is 15.9 Å². The van der Waals surface area contributed by atoms with E-state index in [1.165, 1.54) is 12.1 Å². The summed E-state index contributed by atoms with van der Waals surface area (Å²) < 4.78 is 38.2. The Kier molecular flexibility index (Phi) is 9.52. The van der Waals surface area contributed by atoms with Gasteiger partial charge < -0.3 is 9.47 Å². The highest BCUT2D eigenvalue weighted by Crippen LogP contribution is 2.23. The number of rotatable bonds is 10. The minimum absolute atomic E-state index is 0.104. The van der Waals surface area contributed by atoms with Gasteiger partial charge in [0.15, 0.2) is 0 Å². The Bertz CT molecular complexity index is 999. The molecule has 0 unspecified atom stereocenters. The summed E-state index contributed by atoms with van der Waals surface area (Å²) in [6.45, 7) is 6.11. The van der Waals surface area contributed by atoms with Gasteiger partial charge in [0.05, 0.1) is 28.8 Å². The molecule has 0 saturated heterocycles. The highest BCUT2D eigenvalue weighted by molar-refractivity contribution is 14.1. The zero-order valence-corrected chi connectivity index (χ0v) is 21.1. The molecule has 2 aromatic rings. The first kappa shape index (κ1) is 25.4. The van der Waals surface area contributed by atoms with Crippen molar-refractivity contribution in [2.45, 2.75) is 44.7 Å². The molecule has 6 nitrogen and oxygen atoms in total.